The molecular weight excluding hydrogens is 471 g/mol. The highest BCUT2D eigenvalue weighted by Gasteiger charge is 2.42. The number of nitrogens with zero attached hydrogens (tertiary/aromatic N) is 2. The van der Waals surface area contributed by atoms with Gasteiger partial charge in [0.25, 0.3) is 21.8 Å². The van der Waals surface area contributed by atoms with Crippen molar-refractivity contribution < 1.29 is 22.4 Å². The van der Waals surface area contributed by atoms with Crippen LogP contribution in [0.2, 0.25) is 0 Å². The monoisotopic (exact) mass is 492 g/mol. The SMILES string of the molecule is CC(C)N1C(=O)c2ccc(C(=O)Nc3ccc4nc(Cc5ccccc5F)[nH]c4c3)cc2S1(=O)=O. The van der Waals surface area contributed by atoms with E-state index in [9.17, 15) is 22.4 Å². The number of sulfonamides is 1. The largest absolute Gasteiger partial charge is 0.342 e. The highest BCUT2D eigenvalue weighted by molar-refractivity contribution is 7.90. The standard InChI is InChI=1S/C25H21FN4O4S/c1-14(2)30-25(32)18-9-7-16(11-22(18)35(30,33)34)24(31)27-17-8-10-20-21(13-17)29-23(28-20)12-15-5-3-4-6-19(15)26/h3-11,13-14H,12H2,1-2H3,(H,27,31)(H,28,29). The van der Waals surface area contributed by atoms with Gasteiger partial charge in [-0.15, -0.1) is 0 Å². The summed E-state index contributed by atoms with van der Waals surface area (Å²) in [5.74, 6) is -0.853. The number of halogens is 1. The predicted molar refractivity (Wildman–Crippen MR) is 128 cm³/mol. The van der Waals surface area contributed by atoms with Crippen molar-refractivity contribution in [2.24, 2.45) is 0 Å². The molecular formula is C25H21FN4O4S. The van der Waals surface area contributed by atoms with Gasteiger partial charge in [0.15, 0.2) is 0 Å². The van der Waals surface area contributed by atoms with Gasteiger partial charge in [-0.2, -0.15) is 0 Å². The summed E-state index contributed by atoms with van der Waals surface area (Å²) in [6.45, 7) is 3.23. The lowest BCUT2D eigenvalue weighted by atomic mass is 10.1. The van der Waals surface area contributed by atoms with Gasteiger partial charge in [0.1, 0.15) is 16.5 Å². The van der Waals surface area contributed by atoms with E-state index in [1.165, 1.54) is 24.3 Å². The molecule has 0 saturated carbocycles. The fraction of sp³-hybridized carbons (Fsp3) is 0.160. The first-order valence-electron chi connectivity index (χ1n) is 10.9. The number of amides is 2. The van der Waals surface area contributed by atoms with Gasteiger partial charge in [0.05, 0.1) is 16.6 Å². The van der Waals surface area contributed by atoms with Crippen molar-refractivity contribution in [3.8, 4) is 0 Å². The third-order valence-electron chi connectivity index (χ3n) is 5.78. The van der Waals surface area contributed by atoms with E-state index in [2.05, 4.69) is 15.3 Å². The fourth-order valence-corrected chi connectivity index (χ4v) is 5.94. The lowest BCUT2D eigenvalue weighted by Crippen LogP contribution is -2.36. The Kier molecular flexibility index (Phi) is 5.40. The first-order chi connectivity index (χ1) is 16.6. The van der Waals surface area contributed by atoms with E-state index in [0.29, 0.717) is 34.5 Å². The quantitative estimate of drug-likeness (QED) is 0.436. The van der Waals surface area contributed by atoms with Crippen molar-refractivity contribution in [1.82, 2.24) is 14.3 Å². The third kappa shape index (κ3) is 3.95. The van der Waals surface area contributed by atoms with Gasteiger partial charge in [-0.1, -0.05) is 18.2 Å². The smallest absolute Gasteiger partial charge is 0.269 e. The molecule has 0 radical (unpaired) electrons. The van der Waals surface area contributed by atoms with E-state index in [1.54, 1.807) is 50.2 Å². The van der Waals surface area contributed by atoms with E-state index in [0.717, 1.165) is 4.31 Å². The summed E-state index contributed by atoms with van der Waals surface area (Å²) in [5.41, 5.74) is 2.45. The molecule has 10 heteroatoms. The second kappa shape index (κ2) is 8.31. The van der Waals surface area contributed by atoms with Gasteiger partial charge in [-0.25, -0.2) is 22.1 Å². The highest BCUT2D eigenvalue weighted by Crippen LogP contribution is 2.33. The molecule has 0 fully saturated rings. The van der Waals surface area contributed by atoms with Crippen LogP contribution in [0.25, 0.3) is 11.0 Å². The van der Waals surface area contributed by atoms with E-state index in [-0.39, 0.29) is 21.8 Å². The highest BCUT2D eigenvalue weighted by atomic mass is 32.2. The number of hydrogen-bond donors (Lipinski definition) is 2. The summed E-state index contributed by atoms with van der Waals surface area (Å²) < 4.78 is 40.4. The van der Waals surface area contributed by atoms with Crippen LogP contribution >= 0.6 is 0 Å². The molecule has 3 aromatic carbocycles. The maximum absolute atomic E-state index is 14.0. The Morgan fingerprint density at radius 2 is 1.89 bits per heavy atom. The Labute approximate surface area is 200 Å². The van der Waals surface area contributed by atoms with Gasteiger partial charge in [-0.05, 0) is 61.9 Å². The number of fused-ring (bicyclic) bond motifs is 2. The molecule has 1 aliphatic rings. The number of carbonyl (C=O) groups excluding carboxylic acids is 2. The number of aromatic nitrogens is 2. The fourth-order valence-electron chi connectivity index (χ4n) is 4.15. The van der Waals surface area contributed by atoms with Crippen LogP contribution < -0.4 is 5.32 Å². The summed E-state index contributed by atoms with van der Waals surface area (Å²) in [5, 5.41) is 2.74. The van der Waals surface area contributed by atoms with Gasteiger partial charge >= 0.3 is 0 Å². The molecule has 8 nitrogen and oxygen atoms in total. The number of benzene rings is 3. The van der Waals surface area contributed by atoms with Crippen LogP contribution in [0, 0.1) is 5.82 Å². The first-order valence-corrected chi connectivity index (χ1v) is 12.4. The molecule has 2 heterocycles. The van der Waals surface area contributed by atoms with Gasteiger partial charge in [0, 0.05) is 23.7 Å². The molecule has 178 valence electrons. The Balaban J connectivity index is 1.38. The first kappa shape index (κ1) is 22.7. The molecule has 1 aromatic heterocycles. The molecule has 0 spiro atoms. The third-order valence-corrected chi connectivity index (χ3v) is 7.78. The van der Waals surface area contributed by atoms with E-state index < -0.39 is 27.9 Å². The minimum atomic E-state index is -4.01. The number of nitrogens with one attached hydrogen (secondary N) is 2. The van der Waals surface area contributed by atoms with Crippen LogP contribution in [0.5, 0.6) is 0 Å². The molecule has 0 atom stereocenters. The van der Waals surface area contributed by atoms with Crippen LogP contribution in [0.4, 0.5) is 10.1 Å². The Morgan fingerprint density at radius 1 is 1.11 bits per heavy atom. The molecule has 0 saturated heterocycles. The normalized spacial score (nSPS) is 14.5. The second-order valence-electron chi connectivity index (χ2n) is 8.55. The molecule has 0 unspecified atom stereocenters. The number of imidazole rings is 1. The van der Waals surface area contributed by atoms with Crippen molar-refractivity contribution in [3.63, 3.8) is 0 Å². The summed E-state index contributed by atoms with van der Waals surface area (Å²) in [7, 11) is -4.01. The zero-order valence-corrected chi connectivity index (χ0v) is 19.7. The minimum absolute atomic E-state index is 0.0523. The number of anilines is 1. The van der Waals surface area contributed by atoms with Crippen LogP contribution in [0.15, 0.2) is 65.6 Å². The maximum Gasteiger partial charge on any atom is 0.269 e. The Morgan fingerprint density at radius 3 is 2.63 bits per heavy atom. The lowest BCUT2D eigenvalue weighted by molar-refractivity contribution is 0.0846. The zero-order valence-electron chi connectivity index (χ0n) is 18.9. The molecule has 5 rings (SSSR count). The minimum Gasteiger partial charge on any atom is -0.342 e. The topological polar surface area (TPSA) is 112 Å². The van der Waals surface area contributed by atoms with Gasteiger partial charge in [-0.3, -0.25) is 9.59 Å². The lowest BCUT2D eigenvalue weighted by Gasteiger charge is -2.18. The molecule has 1 aliphatic heterocycles. The average molecular weight is 493 g/mol. The van der Waals surface area contributed by atoms with Crippen LogP contribution in [0.3, 0.4) is 0 Å². The summed E-state index contributed by atoms with van der Waals surface area (Å²) in [6, 6.07) is 15.0. The van der Waals surface area contributed by atoms with Crippen molar-refractivity contribution in [2.45, 2.75) is 31.2 Å². The molecule has 4 aromatic rings. The number of aromatic amines is 1. The number of hydrogen-bond acceptors (Lipinski definition) is 5. The van der Waals surface area contributed by atoms with Gasteiger partial charge in [0.2, 0.25) is 0 Å². The number of carbonyl (C=O) groups is 2. The zero-order chi connectivity index (χ0) is 24.9. The molecule has 2 amide bonds. The van der Waals surface area contributed by atoms with E-state index in [4.69, 9.17) is 0 Å². The Hall–Kier alpha value is -4.05. The molecule has 0 bridgehead atoms. The molecule has 0 aliphatic carbocycles. The van der Waals surface area contributed by atoms with Gasteiger partial charge < -0.3 is 10.3 Å². The van der Waals surface area contributed by atoms with Crippen molar-refractivity contribution >= 4 is 38.6 Å². The molecule has 2 N–H and O–H groups in total. The number of rotatable bonds is 5. The average Bonchev–Trinajstić information content (AvgIpc) is 3.29. The van der Waals surface area contributed by atoms with Crippen molar-refractivity contribution in [2.75, 3.05) is 5.32 Å². The predicted octanol–water partition coefficient (Wildman–Crippen LogP) is 4.10. The summed E-state index contributed by atoms with van der Waals surface area (Å²) in [4.78, 5) is 32.8. The summed E-state index contributed by atoms with van der Waals surface area (Å²) in [6.07, 6.45) is 0.290. The van der Waals surface area contributed by atoms with Crippen LogP contribution in [-0.2, 0) is 16.4 Å². The molecule has 35 heavy (non-hydrogen) atoms. The van der Waals surface area contributed by atoms with Crippen molar-refractivity contribution in [1.29, 1.82) is 0 Å². The van der Waals surface area contributed by atoms with Crippen LogP contribution in [-0.4, -0.2) is 40.5 Å². The maximum atomic E-state index is 14.0. The van der Waals surface area contributed by atoms with E-state index >= 15 is 0 Å². The van der Waals surface area contributed by atoms with Crippen molar-refractivity contribution in [3.05, 3.63) is 89.0 Å². The second-order valence-corrected chi connectivity index (χ2v) is 10.3. The van der Waals surface area contributed by atoms with Crippen LogP contribution in [0.1, 0.15) is 46.0 Å². The summed E-state index contributed by atoms with van der Waals surface area (Å²) >= 11 is 0. The number of H-pyrrole nitrogens is 1. The van der Waals surface area contributed by atoms with E-state index in [1.807, 2.05) is 0 Å². The Bertz CT molecular complexity index is 1610.